The molecule has 0 aliphatic rings. The molecule has 0 aliphatic heterocycles. The number of hydrogen-bond donors (Lipinski definition) is 0. The summed E-state index contributed by atoms with van der Waals surface area (Å²) in [7, 11) is 0. The van der Waals surface area contributed by atoms with Crippen LogP contribution in [0, 0.1) is 3.57 Å². The fourth-order valence-electron chi connectivity index (χ4n) is 2.53. The number of rotatable bonds is 1. The Morgan fingerprint density at radius 1 is 0.750 bits per heavy atom. The van der Waals surface area contributed by atoms with Gasteiger partial charge in [0.2, 0.25) is 0 Å². The molecular weight excluding hydrogens is 375 g/mol. The Balaban J connectivity index is 1.98. The maximum absolute atomic E-state index is 2.47. The highest BCUT2D eigenvalue weighted by molar-refractivity contribution is 14.1. The second-order valence-electron chi connectivity index (χ2n) is 4.80. The number of hydrogen-bond acceptors (Lipinski definition) is 1. The molecule has 4 aromatic rings. The molecule has 0 aliphatic carbocycles. The lowest BCUT2D eigenvalue weighted by atomic mass is 10.1. The lowest BCUT2D eigenvalue weighted by molar-refractivity contribution is 1.72. The molecule has 1 aromatic heterocycles. The smallest absolute Gasteiger partial charge is 0.0489 e. The van der Waals surface area contributed by atoms with E-state index in [0.29, 0.717) is 0 Å². The molecule has 0 spiro atoms. The van der Waals surface area contributed by atoms with E-state index in [-0.39, 0.29) is 0 Å². The second kappa shape index (κ2) is 4.86. The molecule has 3 aromatic carbocycles. The molecule has 0 nitrogen and oxygen atoms in total. The van der Waals surface area contributed by atoms with Crippen molar-refractivity contribution in [2.45, 2.75) is 0 Å². The molecular formula is C18H11IS. The Labute approximate surface area is 135 Å². The molecule has 0 saturated heterocycles. The Morgan fingerprint density at radius 2 is 1.50 bits per heavy atom. The van der Waals surface area contributed by atoms with Crippen molar-refractivity contribution in [3.8, 4) is 10.4 Å². The minimum absolute atomic E-state index is 1.30. The fourth-order valence-corrected chi connectivity index (χ4v) is 4.92. The highest BCUT2D eigenvalue weighted by Crippen LogP contribution is 2.39. The van der Waals surface area contributed by atoms with Gasteiger partial charge in [0.05, 0.1) is 0 Å². The van der Waals surface area contributed by atoms with Gasteiger partial charge in [-0.25, -0.2) is 0 Å². The maximum Gasteiger partial charge on any atom is 0.0489 e. The molecule has 0 atom stereocenters. The summed E-state index contributed by atoms with van der Waals surface area (Å²) in [5, 5.41) is 3.96. The minimum Gasteiger partial charge on any atom is -0.134 e. The molecule has 0 bridgehead atoms. The van der Waals surface area contributed by atoms with Gasteiger partial charge < -0.3 is 0 Å². The first-order valence-electron chi connectivity index (χ1n) is 6.49. The molecule has 0 unspecified atom stereocenters. The van der Waals surface area contributed by atoms with Crippen LogP contribution < -0.4 is 0 Å². The van der Waals surface area contributed by atoms with Crippen molar-refractivity contribution >= 4 is 54.8 Å². The van der Waals surface area contributed by atoms with Gasteiger partial charge in [-0.2, -0.15) is 0 Å². The van der Waals surface area contributed by atoms with Crippen LogP contribution in [-0.4, -0.2) is 0 Å². The van der Waals surface area contributed by atoms with Crippen molar-refractivity contribution < 1.29 is 0 Å². The average molecular weight is 386 g/mol. The second-order valence-corrected chi connectivity index (χ2v) is 6.93. The molecule has 96 valence electrons. The van der Waals surface area contributed by atoms with Gasteiger partial charge in [0.25, 0.3) is 0 Å². The molecule has 0 N–H and O–H groups in total. The predicted octanol–water partition coefficient (Wildman–Crippen LogP) is 6.33. The highest BCUT2D eigenvalue weighted by Gasteiger charge is 2.11. The van der Waals surface area contributed by atoms with Crippen molar-refractivity contribution in [3.63, 3.8) is 0 Å². The first kappa shape index (κ1) is 12.4. The van der Waals surface area contributed by atoms with Gasteiger partial charge in [-0.1, -0.05) is 54.6 Å². The van der Waals surface area contributed by atoms with Crippen molar-refractivity contribution in [3.05, 3.63) is 70.3 Å². The first-order valence-corrected chi connectivity index (χ1v) is 8.39. The standard InChI is InChI=1S/C18H11IS/c19-17-15-7-3-4-8-16(15)20-18(17)14-10-9-12-5-1-2-6-13(12)11-14/h1-11H. The van der Waals surface area contributed by atoms with E-state index in [9.17, 15) is 0 Å². The van der Waals surface area contributed by atoms with Crippen LogP contribution in [0.5, 0.6) is 0 Å². The predicted molar refractivity (Wildman–Crippen MR) is 97.5 cm³/mol. The summed E-state index contributed by atoms with van der Waals surface area (Å²) in [6, 6.07) is 23.9. The van der Waals surface area contributed by atoms with E-state index >= 15 is 0 Å². The molecule has 4 rings (SSSR count). The molecule has 0 amide bonds. The summed E-state index contributed by atoms with van der Waals surface area (Å²) < 4.78 is 2.72. The third kappa shape index (κ3) is 1.95. The normalized spacial score (nSPS) is 11.2. The summed E-state index contributed by atoms with van der Waals surface area (Å²) in [5.74, 6) is 0. The number of halogens is 1. The van der Waals surface area contributed by atoms with Gasteiger partial charge in [-0.3, -0.25) is 0 Å². The SMILES string of the molecule is Ic1c(-c2ccc3ccccc3c2)sc2ccccc12. The Morgan fingerprint density at radius 3 is 2.35 bits per heavy atom. The lowest BCUT2D eigenvalue weighted by Gasteiger charge is -2.02. The summed E-state index contributed by atoms with van der Waals surface area (Å²) >= 11 is 4.35. The van der Waals surface area contributed by atoms with Crippen LogP contribution >= 0.6 is 33.9 Å². The Kier molecular flexibility index (Phi) is 3.00. The summed E-state index contributed by atoms with van der Waals surface area (Å²) in [5.41, 5.74) is 1.31. The van der Waals surface area contributed by atoms with Gasteiger partial charge in [0.1, 0.15) is 0 Å². The van der Waals surface area contributed by atoms with Crippen LogP contribution in [0.3, 0.4) is 0 Å². The Hall–Kier alpha value is -1.39. The number of fused-ring (bicyclic) bond motifs is 2. The van der Waals surface area contributed by atoms with Crippen LogP contribution in [0.15, 0.2) is 66.7 Å². The first-order chi connectivity index (χ1) is 9.83. The van der Waals surface area contributed by atoms with E-state index < -0.39 is 0 Å². The van der Waals surface area contributed by atoms with Gasteiger partial charge in [-0.05, 0) is 51.1 Å². The van der Waals surface area contributed by atoms with Gasteiger partial charge >= 0.3 is 0 Å². The largest absolute Gasteiger partial charge is 0.134 e. The van der Waals surface area contributed by atoms with Crippen molar-refractivity contribution in [2.75, 3.05) is 0 Å². The quantitative estimate of drug-likeness (QED) is 0.336. The van der Waals surface area contributed by atoms with Crippen LogP contribution in [-0.2, 0) is 0 Å². The van der Waals surface area contributed by atoms with Crippen LogP contribution in [0.2, 0.25) is 0 Å². The van der Waals surface area contributed by atoms with E-state index in [1.54, 1.807) is 0 Å². The topological polar surface area (TPSA) is 0 Å². The van der Waals surface area contributed by atoms with Crippen molar-refractivity contribution in [1.82, 2.24) is 0 Å². The van der Waals surface area contributed by atoms with E-state index in [2.05, 4.69) is 89.3 Å². The summed E-state index contributed by atoms with van der Waals surface area (Å²) in [6.07, 6.45) is 0. The van der Waals surface area contributed by atoms with Crippen molar-refractivity contribution in [2.24, 2.45) is 0 Å². The zero-order chi connectivity index (χ0) is 13.5. The van der Waals surface area contributed by atoms with Crippen molar-refractivity contribution in [1.29, 1.82) is 0 Å². The molecule has 2 heteroatoms. The minimum atomic E-state index is 1.30. The fraction of sp³-hybridized carbons (Fsp3) is 0. The third-order valence-electron chi connectivity index (χ3n) is 3.55. The van der Waals surface area contributed by atoms with Crippen LogP contribution in [0.4, 0.5) is 0 Å². The zero-order valence-electron chi connectivity index (χ0n) is 10.6. The molecule has 20 heavy (non-hydrogen) atoms. The lowest BCUT2D eigenvalue weighted by Crippen LogP contribution is -1.78. The van der Waals surface area contributed by atoms with Gasteiger partial charge in [0, 0.05) is 18.5 Å². The Bertz CT molecular complexity index is 921. The monoisotopic (exact) mass is 386 g/mol. The van der Waals surface area contributed by atoms with E-state index in [4.69, 9.17) is 0 Å². The van der Waals surface area contributed by atoms with Gasteiger partial charge in [0.15, 0.2) is 0 Å². The third-order valence-corrected chi connectivity index (χ3v) is 6.25. The molecule has 0 fully saturated rings. The molecule has 0 radical (unpaired) electrons. The molecule has 1 heterocycles. The maximum atomic E-state index is 2.47. The number of thiophene rings is 1. The molecule has 0 saturated carbocycles. The van der Waals surface area contributed by atoms with Crippen LogP contribution in [0.25, 0.3) is 31.3 Å². The van der Waals surface area contributed by atoms with E-state index in [0.717, 1.165) is 0 Å². The van der Waals surface area contributed by atoms with Crippen LogP contribution in [0.1, 0.15) is 0 Å². The highest BCUT2D eigenvalue weighted by atomic mass is 127. The zero-order valence-corrected chi connectivity index (χ0v) is 13.6. The summed E-state index contributed by atoms with van der Waals surface area (Å²) in [6.45, 7) is 0. The summed E-state index contributed by atoms with van der Waals surface area (Å²) in [4.78, 5) is 1.37. The average Bonchev–Trinajstić information content (AvgIpc) is 2.84. The number of benzene rings is 3. The van der Waals surface area contributed by atoms with E-state index in [1.807, 2.05) is 11.3 Å². The van der Waals surface area contributed by atoms with Gasteiger partial charge in [-0.15, -0.1) is 11.3 Å². The van der Waals surface area contributed by atoms with E-state index in [1.165, 1.54) is 34.9 Å².